The van der Waals surface area contributed by atoms with Gasteiger partial charge in [0.25, 0.3) is 5.91 Å². The molecule has 0 saturated heterocycles. The molecule has 1 heterocycles. The van der Waals surface area contributed by atoms with Crippen LogP contribution in [0.4, 0.5) is 8.78 Å². The lowest BCUT2D eigenvalue weighted by Crippen LogP contribution is -2.75. The van der Waals surface area contributed by atoms with Crippen molar-refractivity contribution < 1.29 is 33.1 Å². The van der Waals surface area contributed by atoms with Crippen molar-refractivity contribution in [3.05, 3.63) is 58.6 Å². The van der Waals surface area contributed by atoms with E-state index in [1.807, 2.05) is 0 Å². The second-order valence-corrected chi connectivity index (χ2v) is 9.77. The topological polar surface area (TPSA) is 97.2 Å². The zero-order valence-electron chi connectivity index (χ0n) is 17.9. The van der Waals surface area contributed by atoms with Gasteiger partial charge in [0.05, 0.1) is 10.7 Å². The van der Waals surface area contributed by atoms with Gasteiger partial charge in [-0.3, -0.25) is 9.59 Å². The predicted octanol–water partition coefficient (Wildman–Crippen LogP) is 4.02. The van der Waals surface area contributed by atoms with Crippen LogP contribution in [0, 0.1) is 17.0 Å². The van der Waals surface area contributed by atoms with Crippen molar-refractivity contribution in [3.8, 4) is 11.5 Å². The van der Waals surface area contributed by atoms with Gasteiger partial charge >= 0.3 is 0 Å². The summed E-state index contributed by atoms with van der Waals surface area (Å²) in [5.41, 5.74) is 0.0117. The molecule has 1 unspecified atom stereocenters. The number of ketones is 1. The minimum atomic E-state index is -0.809. The van der Waals surface area contributed by atoms with Gasteiger partial charge in [0.2, 0.25) is 0 Å². The number of rotatable bonds is 7. The molecule has 2 aromatic carbocycles. The third-order valence-corrected chi connectivity index (χ3v) is 7.04. The molecule has 3 aliphatic carbocycles. The van der Waals surface area contributed by atoms with Crippen molar-refractivity contribution in [1.82, 2.24) is 5.32 Å². The zero-order valence-corrected chi connectivity index (χ0v) is 18.7. The van der Waals surface area contributed by atoms with Gasteiger partial charge in [0.1, 0.15) is 23.1 Å². The number of carbonyl (C=O) groups is 2. The Hall–Kier alpha value is -3.20. The number of amides is 1. The van der Waals surface area contributed by atoms with Crippen LogP contribution in [0.5, 0.6) is 11.5 Å². The third kappa shape index (κ3) is 4.09. The minimum Gasteiger partial charge on any atom is -0.484 e. The van der Waals surface area contributed by atoms with E-state index >= 15 is 0 Å². The minimum absolute atomic E-state index is 0.0258. The average Bonchev–Trinajstić information content (AvgIpc) is 2.76. The van der Waals surface area contributed by atoms with Crippen LogP contribution in [-0.4, -0.2) is 40.9 Å². The number of oxime groups is 1. The maximum Gasteiger partial charge on any atom is 0.258 e. The second kappa shape index (κ2) is 8.23. The van der Waals surface area contributed by atoms with Crippen molar-refractivity contribution >= 4 is 29.0 Å². The molecule has 4 aliphatic rings. The molecule has 2 bridgehead atoms. The van der Waals surface area contributed by atoms with E-state index in [1.54, 1.807) is 0 Å². The fraction of sp³-hybridized carbons (Fsp3) is 0.375. The van der Waals surface area contributed by atoms with E-state index in [0.29, 0.717) is 30.6 Å². The van der Waals surface area contributed by atoms with Crippen LogP contribution in [0.15, 0.2) is 41.6 Å². The Morgan fingerprint density at radius 1 is 1.21 bits per heavy atom. The van der Waals surface area contributed by atoms with Crippen molar-refractivity contribution in [3.63, 3.8) is 0 Å². The summed E-state index contributed by atoms with van der Waals surface area (Å²) in [6.07, 6.45) is 1.54. The lowest BCUT2D eigenvalue weighted by molar-refractivity contribution is -0.175. The van der Waals surface area contributed by atoms with Crippen molar-refractivity contribution in [2.45, 2.75) is 43.7 Å². The molecule has 7 nitrogen and oxygen atoms in total. The van der Waals surface area contributed by atoms with Crippen LogP contribution >= 0.6 is 11.6 Å². The summed E-state index contributed by atoms with van der Waals surface area (Å²) in [5, 5.41) is 15.5. The molecule has 1 amide bonds. The zero-order chi connectivity index (χ0) is 24.1. The van der Waals surface area contributed by atoms with Gasteiger partial charge in [-0.2, -0.15) is 0 Å². The number of nitrogens with one attached hydrogen (secondary N) is 1. The fourth-order valence-electron chi connectivity index (χ4n) is 5.43. The average molecular weight is 491 g/mol. The third-order valence-electron chi connectivity index (χ3n) is 6.74. The molecule has 3 fully saturated rings. The molecular formula is C24H21ClF2N2O5. The van der Waals surface area contributed by atoms with Gasteiger partial charge < -0.3 is 20.0 Å². The van der Waals surface area contributed by atoms with Gasteiger partial charge in [-0.15, -0.1) is 0 Å². The van der Waals surface area contributed by atoms with Crippen LogP contribution in [0.3, 0.4) is 0 Å². The summed E-state index contributed by atoms with van der Waals surface area (Å²) in [7, 11) is 0. The Balaban J connectivity index is 1.12. The maximum absolute atomic E-state index is 13.5. The molecule has 6 rings (SSSR count). The smallest absolute Gasteiger partial charge is 0.258 e. The van der Waals surface area contributed by atoms with Crippen LogP contribution in [-0.2, 0) is 9.59 Å². The van der Waals surface area contributed by atoms with Crippen LogP contribution in [0.1, 0.15) is 37.7 Å². The first-order valence-electron chi connectivity index (χ1n) is 10.8. The highest BCUT2D eigenvalue weighted by Gasteiger charge is 2.68. The van der Waals surface area contributed by atoms with Crippen LogP contribution in [0.25, 0.3) is 0 Å². The molecular weight excluding hydrogens is 470 g/mol. The number of hydrogen-bond donors (Lipinski definition) is 2. The number of fused-ring (bicyclic) bond motifs is 1. The van der Waals surface area contributed by atoms with E-state index in [-0.39, 0.29) is 58.6 Å². The highest BCUT2D eigenvalue weighted by molar-refractivity contribution is 6.30. The molecule has 34 heavy (non-hydrogen) atoms. The quantitative estimate of drug-likeness (QED) is 0.451. The van der Waals surface area contributed by atoms with Crippen molar-refractivity contribution in [1.29, 1.82) is 0 Å². The lowest BCUT2D eigenvalue weighted by Gasteiger charge is -2.70. The van der Waals surface area contributed by atoms with E-state index < -0.39 is 17.7 Å². The van der Waals surface area contributed by atoms with Gasteiger partial charge in [-0.05, 0) is 55.0 Å². The normalized spacial score (nSPS) is 27.6. The molecule has 1 aliphatic heterocycles. The van der Waals surface area contributed by atoms with Gasteiger partial charge in [-0.1, -0.05) is 16.8 Å². The molecule has 0 radical (unpaired) electrons. The number of Topliss-reactive ketones (excluding diaryl/α,β-unsaturated/α-hetero) is 1. The largest absolute Gasteiger partial charge is 0.484 e. The van der Waals surface area contributed by atoms with Gasteiger partial charge in [0.15, 0.2) is 18.5 Å². The molecule has 0 aromatic heterocycles. The first-order chi connectivity index (χ1) is 16.2. The summed E-state index contributed by atoms with van der Waals surface area (Å²) in [6, 6.07) is 7.81. The molecule has 2 aromatic rings. The van der Waals surface area contributed by atoms with Gasteiger partial charge in [-0.25, -0.2) is 8.78 Å². The highest BCUT2D eigenvalue weighted by Crippen LogP contribution is 2.69. The maximum atomic E-state index is 13.5. The number of hydrogen-bond acceptors (Lipinski definition) is 6. The Kier molecular flexibility index (Phi) is 5.47. The van der Waals surface area contributed by atoms with Crippen molar-refractivity contribution in [2.75, 3.05) is 6.61 Å². The van der Waals surface area contributed by atoms with Crippen LogP contribution < -0.4 is 14.8 Å². The van der Waals surface area contributed by atoms with E-state index in [4.69, 9.17) is 21.1 Å². The molecule has 3 saturated carbocycles. The SMILES string of the molecule is O=C(COc1ccc(Cl)c(F)c1)NC12CC(CC(=O)C3C/C(=N\O)c4cc(F)ccc4O3)(C1)C2. The van der Waals surface area contributed by atoms with Crippen molar-refractivity contribution in [2.24, 2.45) is 10.6 Å². The van der Waals surface area contributed by atoms with E-state index in [2.05, 4.69) is 10.5 Å². The Morgan fingerprint density at radius 2 is 1.97 bits per heavy atom. The summed E-state index contributed by atoms with van der Waals surface area (Å²) < 4.78 is 38.1. The van der Waals surface area contributed by atoms with E-state index in [1.165, 1.54) is 30.3 Å². The number of nitrogens with zero attached hydrogens (tertiary/aromatic N) is 1. The summed E-state index contributed by atoms with van der Waals surface area (Å²) in [6.45, 7) is -0.256. The summed E-state index contributed by atoms with van der Waals surface area (Å²) >= 11 is 5.63. The lowest BCUT2D eigenvalue weighted by atomic mass is 9.38. The second-order valence-electron chi connectivity index (χ2n) is 9.36. The van der Waals surface area contributed by atoms with E-state index in [9.17, 15) is 23.6 Å². The molecule has 2 N–H and O–H groups in total. The number of ether oxygens (including phenoxy) is 2. The molecule has 10 heteroatoms. The predicted molar refractivity (Wildman–Crippen MR) is 117 cm³/mol. The molecule has 178 valence electrons. The van der Waals surface area contributed by atoms with E-state index in [0.717, 1.165) is 6.07 Å². The Morgan fingerprint density at radius 3 is 2.68 bits per heavy atom. The number of carbonyl (C=O) groups excluding carboxylic acids is 2. The standard InChI is InChI=1S/C24H21ClF2N2O5/c25-16-3-2-14(6-17(16)27)33-9-22(31)28-24-10-23(11-24,12-24)8-19(30)21-7-18(29-32)15-5-13(26)1-4-20(15)34-21/h1-6,21,32H,7-12H2,(H,28,31)/b29-18+. The Labute approximate surface area is 198 Å². The van der Waals surface area contributed by atoms with Crippen LogP contribution in [0.2, 0.25) is 5.02 Å². The highest BCUT2D eigenvalue weighted by atomic mass is 35.5. The molecule has 1 atom stereocenters. The Bertz CT molecular complexity index is 1200. The summed E-state index contributed by atoms with van der Waals surface area (Å²) in [5.74, 6) is -1.04. The number of benzene rings is 2. The fourth-order valence-corrected chi connectivity index (χ4v) is 5.55. The summed E-state index contributed by atoms with van der Waals surface area (Å²) in [4.78, 5) is 25.2. The number of halogens is 3. The first kappa shape index (κ1) is 22.6. The first-order valence-corrected chi connectivity index (χ1v) is 11.2. The monoisotopic (exact) mass is 490 g/mol. The van der Waals surface area contributed by atoms with Gasteiger partial charge in [0, 0.05) is 30.0 Å². The molecule has 0 spiro atoms.